The normalized spacial score (nSPS) is 12.8. The Kier molecular flexibility index (Phi) is 68.6. The Labute approximate surface area is 491 Å². The molecule has 1 amide bonds. The van der Waals surface area contributed by atoms with Gasteiger partial charge >= 0.3 is 0 Å². The predicted molar refractivity (Wildman–Crippen MR) is 350 cm³/mol. The van der Waals surface area contributed by atoms with Gasteiger partial charge in [0.2, 0.25) is 5.91 Å². The third kappa shape index (κ3) is 65.4. The molecular formula is C74H143NO3. The number of carbonyl (C=O) groups is 1. The molecule has 4 nitrogen and oxygen atoms in total. The first-order chi connectivity index (χ1) is 38.7. The molecule has 0 aromatic rings. The Balaban J connectivity index is 3.44. The summed E-state index contributed by atoms with van der Waals surface area (Å²) in [7, 11) is 0. The van der Waals surface area contributed by atoms with E-state index in [2.05, 4.69) is 43.5 Å². The zero-order valence-corrected chi connectivity index (χ0v) is 53.5. The minimum atomic E-state index is -0.871. The zero-order chi connectivity index (χ0) is 56.2. The number of nitrogens with one attached hydrogen (secondary N) is 1. The predicted octanol–water partition coefficient (Wildman–Crippen LogP) is 24.7. The van der Waals surface area contributed by atoms with Crippen LogP contribution in [0.15, 0.2) is 36.5 Å². The molecule has 0 aliphatic rings. The van der Waals surface area contributed by atoms with Crippen LogP contribution in [0.1, 0.15) is 412 Å². The summed E-state index contributed by atoms with van der Waals surface area (Å²) in [6.07, 6.45) is 96.9. The van der Waals surface area contributed by atoms with Gasteiger partial charge in [0.1, 0.15) is 0 Å². The van der Waals surface area contributed by atoms with Crippen LogP contribution in [-0.4, -0.2) is 34.9 Å². The third-order valence-corrected chi connectivity index (χ3v) is 17.1. The maximum absolute atomic E-state index is 12.5. The monoisotopic (exact) mass is 1090 g/mol. The van der Waals surface area contributed by atoms with Crippen LogP contribution < -0.4 is 5.32 Å². The summed E-state index contributed by atoms with van der Waals surface area (Å²) in [5, 5.41) is 23.3. The van der Waals surface area contributed by atoms with Crippen molar-refractivity contribution in [2.24, 2.45) is 0 Å². The second kappa shape index (κ2) is 69.9. The van der Waals surface area contributed by atoms with Crippen molar-refractivity contribution in [3.63, 3.8) is 0 Å². The zero-order valence-electron chi connectivity index (χ0n) is 53.5. The molecule has 3 N–H and O–H groups in total. The molecule has 0 aromatic heterocycles. The van der Waals surface area contributed by atoms with Crippen molar-refractivity contribution in [2.75, 3.05) is 6.61 Å². The summed E-state index contributed by atoms with van der Waals surface area (Å²) in [6.45, 7) is 4.35. The van der Waals surface area contributed by atoms with E-state index in [1.807, 2.05) is 6.08 Å². The van der Waals surface area contributed by atoms with Gasteiger partial charge in [-0.05, 0) is 44.9 Å². The van der Waals surface area contributed by atoms with Crippen molar-refractivity contribution in [1.82, 2.24) is 5.32 Å². The first kappa shape index (κ1) is 76.6. The lowest BCUT2D eigenvalue weighted by Gasteiger charge is -2.19. The Bertz CT molecular complexity index is 1190. The van der Waals surface area contributed by atoms with Crippen molar-refractivity contribution in [3.05, 3.63) is 36.5 Å². The number of rotatable bonds is 68. The molecule has 0 aliphatic heterocycles. The number of hydrogen-bond donors (Lipinski definition) is 3. The molecule has 0 fully saturated rings. The Hall–Kier alpha value is -1.39. The quantitative estimate of drug-likeness (QED) is 0.0420. The summed E-state index contributed by atoms with van der Waals surface area (Å²) in [5.74, 6) is -0.0691. The number of amides is 1. The molecule has 0 aliphatic carbocycles. The number of aliphatic hydroxyl groups is 2. The average Bonchev–Trinajstić information content (AvgIpc) is 3.44. The molecule has 462 valence electrons. The van der Waals surface area contributed by atoms with Gasteiger partial charge in [-0.15, -0.1) is 0 Å². The second-order valence-electron chi connectivity index (χ2n) is 25.0. The fraction of sp³-hybridized carbons (Fsp3) is 0.905. The van der Waals surface area contributed by atoms with E-state index in [9.17, 15) is 15.0 Å². The Morgan fingerprint density at radius 1 is 0.295 bits per heavy atom. The van der Waals surface area contributed by atoms with Crippen LogP contribution in [0.4, 0.5) is 0 Å². The molecule has 0 saturated carbocycles. The maximum atomic E-state index is 12.5. The van der Waals surface area contributed by atoms with Crippen LogP contribution in [0.25, 0.3) is 0 Å². The Morgan fingerprint density at radius 2 is 0.500 bits per heavy atom. The van der Waals surface area contributed by atoms with E-state index >= 15 is 0 Å². The third-order valence-electron chi connectivity index (χ3n) is 17.1. The van der Waals surface area contributed by atoms with Crippen molar-refractivity contribution in [2.45, 2.75) is 424 Å². The number of allylic oxidation sites excluding steroid dienone is 5. The second-order valence-corrected chi connectivity index (χ2v) is 25.0. The molecule has 2 atom stereocenters. The van der Waals surface area contributed by atoms with Gasteiger partial charge in [0.15, 0.2) is 0 Å². The minimum absolute atomic E-state index is 0.0691. The van der Waals surface area contributed by atoms with Gasteiger partial charge in [-0.1, -0.05) is 397 Å². The van der Waals surface area contributed by atoms with Crippen molar-refractivity contribution >= 4 is 5.91 Å². The van der Waals surface area contributed by atoms with Crippen molar-refractivity contribution < 1.29 is 15.0 Å². The smallest absolute Gasteiger partial charge is 0.220 e. The molecule has 0 aromatic carbocycles. The van der Waals surface area contributed by atoms with Crippen LogP contribution in [0.5, 0.6) is 0 Å². The molecule has 0 bridgehead atoms. The molecule has 0 heterocycles. The fourth-order valence-electron chi connectivity index (χ4n) is 11.6. The Morgan fingerprint density at radius 3 is 0.744 bits per heavy atom. The lowest BCUT2D eigenvalue weighted by atomic mass is 10.0. The van der Waals surface area contributed by atoms with E-state index in [-0.39, 0.29) is 12.5 Å². The highest BCUT2D eigenvalue weighted by Gasteiger charge is 2.18. The highest BCUT2D eigenvalue weighted by Crippen LogP contribution is 2.19. The van der Waals surface area contributed by atoms with Gasteiger partial charge in [0.25, 0.3) is 0 Å². The largest absolute Gasteiger partial charge is 0.394 e. The summed E-state index contributed by atoms with van der Waals surface area (Å²) in [5.41, 5.74) is 0. The first-order valence-electron chi connectivity index (χ1n) is 36.2. The summed E-state index contributed by atoms with van der Waals surface area (Å²) >= 11 is 0. The van der Waals surface area contributed by atoms with E-state index in [0.29, 0.717) is 6.42 Å². The topological polar surface area (TPSA) is 69.6 Å². The summed E-state index contributed by atoms with van der Waals surface area (Å²) < 4.78 is 0. The highest BCUT2D eigenvalue weighted by atomic mass is 16.3. The van der Waals surface area contributed by atoms with Gasteiger partial charge in [-0.3, -0.25) is 4.79 Å². The number of hydrogen-bond acceptors (Lipinski definition) is 3. The van der Waals surface area contributed by atoms with Crippen LogP contribution in [-0.2, 0) is 4.79 Å². The molecule has 4 heteroatoms. The van der Waals surface area contributed by atoms with E-state index in [1.165, 1.54) is 353 Å². The van der Waals surface area contributed by atoms with Crippen LogP contribution >= 0.6 is 0 Å². The lowest BCUT2D eigenvalue weighted by molar-refractivity contribution is -0.123. The summed E-state index contributed by atoms with van der Waals surface area (Å²) in [6, 6.07) is -0.646. The van der Waals surface area contributed by atoms with Crippen molar-refractivity contribution in [3.8, 4) is 0 Å². The number of carbonyl (C=O) groups excluding carboxylic acids is 1. The summed E-state index contributed by atoms with van der Waals surface area (Å²) in [4.78, 5) is 12.5. The highest BCUT2D eigenvalue weighted by molar-refractivity contribution is 5.76. The van der Waals surface area contributed by atoms with Crippen LogP contribution in [0.2, 0.25) is 0 Å². The van der Waals surface area contributed by atoms with E-state index < -0.39 is 12.1 Å². The fourth-order valence-corrected chi connectivity index (χ4v) is 11.6. The van der Waals surface area contributed by atoms with Gasteiger partial charge in [0.05, 0.1) is 18.8 Å². The average molecular weight is 1090 g/mol. The molecule has 0 rings (SSSR count). The van der Waals surface area contributed by atoms with Gasteiger partial charge in [0, 0.05) is 6.42 Å². The molecule has 0 spiro atoms. The number of unbranched alkanes of at least 4 members (excludes halogenated alkanes) is 57. The standard InChI is InChI=1S/C74H143NO3/c1-3-5-7-9-11-13-15-17-19-21-23-25-27-29-31-33-35-36-37-38-39-40-42-44-46-48-50-52-54-56-58-60-62-64-66-68-70-74(78)75-72(71-76)73(77)69-67-65-63-61-59-57-55-53-51-49-47-45-43-41-34-32-30-28-26-24-22-20-18-16-14-12-10-8-6-4-2/h51,53,59,61,67,69,72-73,76-77H,3-50,52,54-58,60,62-66,68,70-71H2,1-2H3,(H,75,78)/b53-51+,61-59+,69-67+. The molecule has 0 saturated heterocycles. The SMILES string of the molecule is CCCCCCCCCCCCCCCCCCCCCC/C=C/CC/C=C/CC/C=C/C(O)C(CO)NC(=O)CCCCCCCCCCCCCCCCCCCCCCCCCCCCCCCCCCCCCC. The van der Waals surface area contributed by atoms with Gasteiger partial charge in [-0.25, -0.2) is 0 Å². The van der Waals surface area contributed by atoms with Crippen molar-refractivity contribution in [1.29, 1.82) is 0 Å². The lowest BCUT2D eigenvalue weighted by Crippen LogP contribution is -2.45. The molecule has 0 radical (unpaired) electrons. The molecule has 2 unspecified atom stereocenters. The minimum Gasteiger partial charge on any atom is -0.394 e. The maximum Gasteiger partial charge on any atom is 0.220 e. The van der Waals surface area contributed by atoms with Crippen LogP contribution in [0.3, 0.4) is 0 Å². The van der Waals surface area contributed by atoms with Crippen LogP contribution in [0, 0.1) is 0 Å². The molecule has 78 heavy (non-hydrogen) atoms. The first-order valence-corrected chi connectivity index (χ1v) is 36.2. The van der Waals surface area contributed by atoms with Gasteiger partial charge < -0.3 is 15.5 Å². The number of aliphatic hydroxyl groups excluding tert-OH is 2. The van der Waals surface area contributed by atoms with Gasteiger partial charge in [-0.2, -0.15) is 0 Å². The van der Waals surface area contributed by atoms with E-state index in [4.69, 9.17) is 0 Å². The molecular weight excluding hydrogens is 951 g/mol. The van der Waals surface area contributed by atoms with E-state index in [1.54, 1.807) is 6.08 Å². The van der Waals surface area contributed by atoms with E-state index in [0.717, 1.165) is 38.5 Å².